The van der Waals surface area contributed by atoms with Crippen LogP contribution in [0.4, 0.5) is 4.79 Å². The van der Waals surface area contributed by atoms with Crippen LogP contribution in [-0.4, -0.2) is 118 Å². The summed E-state index contributed by atoms with van der Waals surface area (Å²) in [5.74, 6) is 2.38. The number of nitrogens with zero attached hydrogens (tertiary/aromatic N) is 5. The summed E-state index contributed by atoms with van der Waals surface area (Å²) in [6.07, 6.45) is 8.78. The van der Waals surface area contributed by atoms with E-state index in [1.807, 2.05) is 22.2 Å². The standard InChI is InChI=1S/C53H68N8O6/c1-8-59(31-65-6)47(32(2)3)51(63)60(30-53(5)19-20-53)29-45-54-27-43(56-45)40-16-15-38-24-37(13-14-39(38)25-40)34-9-11-35(12-10-34)42-28-55-49(57-42)48-41-23-33(4)44(26-41)61(48)50(62)46(58-52(64)66-7)36-17-21-67-22-18-36/h9-16,24-25,27-28,32-33,36,41,44,46-48H,8,17-23,26,29-31H2,1-7H3,(H,54,56)(H,55,57)(H,58,64). The van der Waals surface area contributed by atoms with Crippen LogP contribution in [0.1, 0.15) is 90.8 Å². The molecular weight excluding hydrogens is 845 g/mol. The van der Waals surface area contributed by atoms with Crippen molar-refractivity contribution in [1.29, 1.82) is 0 Å². The number of nitrogens with one attached hydrogen (secondary N) is 3. The highest BCUT2D eigenvalue weighted by atomic mass is 16.5. The molecule has 2 aliphatic carbocycles. The first-order valence-electron chi connectivity index (χ1n) is 24.4. The first-order valence-corrected chi connectivity index (χ1v) is 24.4. The Morgan fingerprint density at radius 3 is 2.22 bits per heavy atom. The molecule has 4 fully saturated rings. The van der Waals surface area contributed by atoms with Crippen molar-refractivity contribution in [2.75, 3.05) is 47.3 Å². The van der Waals surface area contributed by atoms with E-state index in [9.17, 15) is 14.4 Å². The van der Waals surface area contributed by atoms with Crippen LogP contribution < -0.4 is 5.32 Å². The molecule has 67 heavy (non-hydrogen) atoms. The second-order valence-corrected chi connectivity index (χ2v) is 20.3. The highest BCUT2D eigenvalue weighted by Crippen LogP contribution is 2.53. The number of carbonyl (C=O) groups excluding carboxylic acids is 3. The van der Waals surface area contributed by atoms with E-state index in [1.54, 1.807) is 7.11 Å². The zero-order valence-electron chi connectivity index (χ0n) is 40.2. The predicted octanol–water partition coefficient (Wildman–Crippen LogP) is 8.82. The maximum Gasteiger partial charge on any atom is 0.407 e. The number of methoxy groups -OCH3 is 2. The molecule has 2 aromatic heterocycles. The van der Waals surface area contributed by atoms with Gasteiger partial charge in [0.05, 0.1) is 56.3 Å². The van der Waals surface area contributed by atoms with Crippen molar-refractivity contribution in [2.45, 2.75) is 104 Å². The first-order chi connectivity index (χ1) is 32.4. The fourth-order valence-electron chi connectivity index (χ4n) is 11.3. The molecule has 9 rings (SSSR count). The van der Waals surface area contributed by atoms with E-state index < -0.39 is 12.1 Å². The van der Waals surface area contributed by atoms with Crippen molar-refractivity contribution < 1.29 is 28.6 Å². The Balaban J connectivity index is 0.887. The Bertz CT molecular complexity index is 2540. The zero-order chi connectivity index (χ0) is 47.0. The van der Waals surface area contributed by atoms with Gasteiger partial charge in [-0.05, 0) is 114 Å². The van der Waals surface area contributed by atoms with Crippen LogP contribution in [0.25, 0.3) is 44.4 Å². The SMILES string of the molecule is CCN(COC)C(C(=O)N(Cc1ncc(-c2ccc3cc(-c4ccc(-c5cnc(C6C7CC(C)C(C7)N6C(=O)C(NC(=O)OC)C6CCOCC6)[nH]5)cc4)ccc3c2)[nH]1)CC1(C)CC1)C(C)C. The third kappa shape index (κ3) is 9.75. The molecule has 3 N–H and O–H groups in total. The molecule has 356 valence electrons. The Morgan fingerprint density at radius 2 is 1.55 bits per heavy atom. The lowest BCUT2D eigenvalue weighted by Gasteiger charge is -2.41. The Labute approximate surface area is 394 Å². The molecule has 5 aromatic rings. The van der Waals surface area contributed by atoms with Crippen molar-refractivity contribution in [1.82, 2.24) is 40.0 Å². The van der Waals surface area contributed by atoms with Crippen LogP contribution in [0, 0.1) is 29.1 Å². The normalized spacial score (nSPS) is 22.1. The van der Waals surface area contributed by atoms with Crippen molar-refractivity contribution in [2.24, 2.45) is 29.1 Å². The number of benzene rings is 3. The Hall–Kier alpha value is -5.57. The number of likely N-dealkylation sites (tertiary alicyclic amines) is 1. The van der Waals surface area contributed by atoms with Crippen LogP contribution in [0.5, 0.6) is 0 Å². The number of fused-ring (bicyclic) bond motifs is 3. The molecule has 3 amide bonds. The first kappa shape index (κ1) is 46.5. The molecule has 14 heteroatoms. The van der Waals surface area contributed by atoms with Gasteiger partial charge >= 0.3 is 6.09 Å². The van der Waals surface area contributed by atoms with Gasteiger partial charge in [-0.25, -0.2) is 14.8 Å². The third-order valence-electron chi connectivity index (χ3n) is 15.2. The van der Waals surface area contributed by atoms with Crippen molar-refractivity contribution in [3.63, 3.8) is 0 Å². The summed E-state index contributed by atoms with van der Waals surface area (Å²) in [5, 5.41) is 5.16. The molecule has 14 nitrogen and oxygen atoms in total. The minimum atomic E-state index is -0.683. The number of aromatic amines is 2. The van der Waals surface area contributed by atoms with E-state index in [1.165, 1.54) is 7.11 Å². The molecule has 2 saturated heterocycles. The average molecular weight is 913 g/mol. The molecule has 0 radical (unpaired) electrons. The Kier molecular flexibility index (Phi) is 13.6. The van der Waals surface area contributed by atoms with Crippen molar-refractivity contribution in [3.05, 3.63) is 84.7 Å². The summed E-state index contributed by atoms with van der Waals surface area (Å²) in [6, 6.07) is 20.5. The average Bonchev–Trinajstić information content (AvgIpc) is 3.83. The predicted molar refractivity (Wildman–Crippen MR) is 258 cm³/mol. The summed E-state index contributed by atoms with van der Waals surface area (Å²) in [7, 11) is 3.02. The van der Waals surface area contributed by atoms with Gasteiger partial charge in [0, 0.05) is 38.5 Å². The summed E-state index contributed by atoms with van der Waals surface area (Å²) < 4.78 is 16.1. The molecule has 4 heterocycles. The van der Waals surface area contributed by atoms with Gasteiger partial charge in [0.2, 0.25) is 11.8 Å². The maximum absolute atomic E-state index is 14.5. The van der Waals surface area contributed by atoms with Crippen LogP contribution >= 0.6 is 0 Å². The number of rotatable bonds is 17. The van der Waals surface area contributed by atoms with Gasteiger partial charge in [-0.15, -0.1) is 0 Å². The minimum Gasteiger partial charge on any atom is -0.453 e. The second kappa shape index (κ2) is 19.6. The molecule has 6 atom stereocenters. The minimum absolute atomic E-state index is 0.0261. The highest BCUT2D eigenvalue weighted by Gasteiger charge is 2.55. The molecule has 2 bridgehead atoms. The second-order valence-electron chi connectivity index (χ2n) is 20.3. The molecular formula is C53H68N8O6. The van der Waals surface area contributed by atoms with E-state index in [0.29, 0.717) is 51.8 Å². The van der Waals surface area contributed by atoms with Gasteiger partial charge < -0.3 is 39.3 Å². The Morgan fingerprint density at radius 1 is 0.896 bits per heavy atom. The van der Waals surface area contributed by atoms with E-state index in [0.717, 1.165) is 88.3 Å². The smallest absolute Gasteiger partial charge is 0.407 e. The van der Waals surface area contributed by atoms with Crippen molar-refractivity contribution >= 4 is 28.7 Å². The van der Waals surface area contributed by atoms with Crippen LogP contribution in [0.2, 0.25) is 0 Å². The zero-order valence-corrected chi connectivity index (χ0v) is 40.2. The lowest BCUT2D eigenvalue weighted by Crippen LogP contribution is -2.56. The van der Waals surface area contributed by atoms with Gasteiger partial charge in [0.25, 0.3) is 0 Å². The summed E-state index contributed by atoms with van der Waals surface area (Å²) in [5.41, 5.74) is 6.24. The topological polar surface area (TPSA) is 158 Å². The molecule has 2 saturated carbocycles. The summed E-state index contributed by atoms with van der Waals surface area (Å²) >= 11 is 0. The highest BCUT2D eigenvalue weighted by molar-refractivity contribution is 5.91. The number of amides is 3. The van der Waals surface area contributed by atoms with E-state index in [-0.39, 0.29) is 53.1 Å². The van der Waals surface area contributed by atoms with Gasteiger partial charge in [-0.2, -0.15) is 0 Å². The van der Waals surface area contributed by atoms with Gasteiger partial charge in [-0.1, -0.05) is 83.1 Å². The monoisotopic (exact) mass is 913 g/mol. The molecule has 0 spiro atoms. The number of alkyl carbamates (subject to hydrolysis) is 1. The quantitative estimate of drug-likeness (QED) is 0.0776. The molecule has 2 aliphatic heterocycles. The lowest BCUT2D eigenvalue weighted by atomic mass is 9.88. The van der Waals surface area contributed by atoms with Crippen LogP contribution in [0.15, 0.2) is 73.1 Å². The number of piperidine rings is 1. The van der Waals surface area contributed by atoms with Gasteiger partial charge in [-0.3, -0.25) is 14.5 Å². The number of imidazole rings is 2. The fraction of sp³-hybridized carbons (Fsp3) is 0.528. The number of H-pyrrole nitrogens is 2. The molecule has 4 aliphatic rings. The largest absolute Gasteiger partial charge is 0.453 e. The van der Waals surface area contributed by atoms with Crippen molar-refractivity contribution in [3.8, 4) is 33.6 Å². The number of likely N-dealkylation sites (N-methyl/N-ethyl adjacent to an activating group) is 1. The van der Waals surface area contributed by atoms with E-state index in [4.69, 9.17) is 24.2 Å². The van der Waals surface area contributed by atoms with E-state index in [2.05, 4.69) is 115 Å². The number of ether oxygens (including phenoxy) is 3. The molecule has 6 unspecified atom stereocenters. The van der Waals surface area contributed by atoms with Gasteiger partial charge in [0.1, 0.15) is 17.7 Å². The third-order valence-corrected chi connectivity index (χ3v) is 15.2. The maximum atomic E-state index is 14.5. The fourth-order valence-corrected chi connectivity index (χ4v) is 11.3. The van der Waals surface area contributed by atoms with Crippen LogP contribution in [-0.2, 0) is 30.3 Å². The number of aromatic nitrogens is 4. The summed E-state index contributed by atoms with van der Waals surface area (Å²) in [4.78, 5) is 64.3. The van der Waals surface area contributed by atoms with Crippen LogP contribution in [0.3, 0.4) is 0 Å². The van der Waals surface area contributed by atoms with E-state index >= 15 is 0 Å². The number of carbonyl (C=O) groups is 3. The number of hydrogen-bond acceptors (Lipinski definition) is 9. The summed E-state index contributed by atoms with van der Waals surface area (Å²) in [6.45, 7) is 14.2. The number of hydrogen-bond donors (Lipinski definition) is 3. The van der Waals surface area contributed by atoms with Gasteiger partial charge in [0.15, 0.2) is 0 Å². The molecule has 3 aromatic carbocycles. The lowest BCUT2D eigenvalue weighted by molar-refractivity contribution is -0.143.